The van der Waals surface area contributed by atoms with Gasteiger partial charge in [0.1, 0.15) is 0 Å². The maximum Gasteiger partial charge on any atom is -0.0152 e. The molecule has 66 valence electrons. The molecule has 2 rings (SSSR count). The van der Waals surface area contributed by atoms with Crippen LogP contribution < -0.4 is 0 Å². The van der Waals surface area contributed by atoms with E-state index in [2.05, 4.69) is 50.3 Å². The molecule has 2 aliphatic rings. The lowest BCUT2D eigenvalue weighted by Gasteiger charge is -2.04. The van der Waals surface area contributed by atoms with Crippen LogP contribution in [0.25, 0.3) is 0 Å². The van der Waals surface area contributed by atoms with E-state index in [1.165, 1.54) is 22.3 Å². The first-order valence-electron chi connectivity index (χ1n) is 4.72. The first-order valence-corrected chi connectivity index (χ1v) is 4.72. The second kappa shape index (κ2) is 3.21. The highest BCUT2D eigenvalue weighted by molar-refractivity contribution is 5.63. The molecular formula is C13H14. The van der Waals surface area contributed by atoms with Gasteiger partial charge < -0.3 is 0 Å². The Labute approximate surface area is 79.7 Å². The van der Waals surface area contributed by atoms with Crippen LogP contribution >= 0.6 is 0 Å². The van der Waals surface area contributed by atoms with Gasteiger partial charge in [-0.3, -0.25) is 0 Å². The molecule has 0 aromatic heterocycles. The third kappa shape index (κ3) is 1.44. The van der Waals surface area contributed by atoms with Crippen LogP contribution in [0.15, 0.2) is 58.7 Å². The van der Waals surface area contributed by atoms with Crippen LogP contribution in [0, 0.1) is 0 Å². The normalized spacial score (nSPS) is 29.7. The van der Waals surface area contributed by atoms with Crippen molar-refractivity contribution in [1.82, 2.24) is 0 Å². The van der Waals surface area contributed by atoms with Crippen molar-refractivity contribution in [3.8, 4) is 0 Å². The summed E-state index contributed by atoms with van der Waals surface area (Å²) in [6.45, 7) is 4.35. The van der Waals surface area contributed by atoms with Crippen molar-refractivity contribution in [3.63, 3.8) is 0 Å². The highest BCUT2D eigenvalue weighted by atomic mass is 14.2. The van der Waals surface area contributed by atoms with E-state index < -0.39 is 0 Å². The fourth-order valence-electron chi connectivity index (χ4n) is 1.85. The third-order valence-electron chi connectivity index (χ3n) is 2.53. The van der Waals surface area contributed by atoms with Crippen LogP contribution in [-0.4, -0.2) is 0 Å². The van der Waals surface area contributed by atoms with Gasteiger partial charge in [-0.05, 0) is 42.6 Å². The number of fused-ring (bicyclic) bond motifs is 1. The van der Waals surface area contributed by atoms with Crippen molar-refractivity contribution >= 4 is 0 Å². The summed E-state index contributed by atoms with van der Waals surface area (Å²) in [4.78, 5) is 0. The van der Waals surface area contributed by atoms with Crippen LogP contribution in [0.1, 0.15) is 20.3 Å². The van der Waals surface area contributed by atoms with Crippen LogP contribution in [0.5, 0.6) is 0 Å². The molecule has 0 radical (unpaired) electrons. The van der Waals surface area contributed by atoms with Gasteiger partial charge in [0.2, 0.25) is 0 Å². The van der Waals surface area contributed by atoms with Crippen LogP contribution in [0.2, 0.25) is 0 Å². The van der Waals surface area contributed by atoms with E-state index in [1.807, 2.05) is 0 Å². The minimum Gasteiger partial charge on any atom is -0.0807 e. The Kier molecular flexibility index (Phi) is 2.05. The summed E-state index contributed by atoms with van der Waals surface area (Å²) in [5.41, 5.74) is 5.53. The molecule has 0 heteroatoms. The minimum atomic E-state index is 1.04. The van der Waals surface area contributed by atoms with E-state index in [0.717, 1.165) is 6.42 Å². The van der Waals surface area contributed by atoms with Crippen molar-refractivity contribution in [3.05, 3.63) is 58.7 Å². The molecule has 0 amide bonds. The molecule has 0 nitrogen and oxygen atoms in total. The standard InChI is InChI=1S/C13H14/c1-10-9-11(2)13-8-6-4-3-5-7-12(10)13/h3,5-9H,4H2,1-2H3/b5-3-,8-6-,12-7-. The topological polar surface area (TPSA) is 0 Å². The smallest absolute Gasteiger partial charge is 0.0152 e. The fourth-order valence-corrected chi connectivity index (χ4v) is 1.85. The van der Waals surface area contributed by atoms with Crippen molar-refractivity contribution in [2.45, 2.75) is 20.3 Å². The lowest BCUT2D eigenvalue weighted by Crippen LogP contribution is -1.85. The molecule has 2 aliphatic carbocycles. The maximum absolute atomic E-state index is 2.25. The molecule has 0 saturated carbocycles. The lowest BCUT2D eigenvalue weighted by molar-refractivity contribution is 1.33. The average Bonchev–Trinajstić information content (AvgIpc) is 2.25. The number of rotatable bonds is 0. The van der Waals surface area contributed by atoms with Crippen LogP contribution in [-0.2, 0) is 0 Å². The molecule has 0 bridgehead atoms. The summed E-state index contributed by atoms with van der Waals surface area (Å²) in [6.07, 6.45) is 14.3. The summed E-state index contributed by atoms with van der Waals surface area (Å²) in [6, 6.07) is 0. The summed E-state index contributed by atoms with van der Waals surface area (Å²) in [7, 11) is 0. The Bertz CT molecular complexity index is 371. The number of allylic oxidation sites excluding steroid dienone is 10. The molecule has 0 fully saturated rings. The monoisotopic (exact) mass is 170 g/mol. The highest BCUT2D eigenvalue weighted by Crippen LogP contribution is 2.32. The summed E-state index contributed by atoms with van der Waals surface area (Å²) in [5.74, 6) is 0. The Morgan fingerprint density at radius 3 is 2.85 bits per heavy atom. The molecule has 0 aliphatic heterocycles. The van der Waals surface area contributed by atoms with Gasteiger partial charge in [-0.2, -0.15) is 0 Å². The third-order valence-corrected chi connectivity index (χ3v) is 2.53. The van der Waals surface area contributed by atoms with Gasteiger partial charge >= 0.3 is 0 Å². The van der Waals surface area contributed by atoms with Gasteiger partial charge in [0.25, 0.3) is 0 Å². The van der Waals surface area contributed by atoms with E-state index in [-0.39, 0.29) is 0 Å². The lowest BCUT2D eigenvalue weighted by atomic mass is 10.0. The zero-order valence-electron chi connectivity index (χ0n) is 8.17. The first kappa shape index (κ1) is 8.31. The molecule has 0 spiro atoms. The first-order chi connectivity index (χ1) is 6.29. The Balaban J connectivity index is 2.52. The molecular weight excluding hydrogens is 156 g/mol. The van der Waals surface area contributed by atoms with Crippen LogP contribution in [0.3, 0.4) is 0 Å². The molecule has 0 atom stereocenters. The van der Waals surface area contributed by atoms with Crippen molar-refractivity contribution in [1.29, 1.82) is 0 Å². The van der Waals surface area contributed by atoms with E-state index in [9.17, 15) is 0 Å². The Morgan fingerprint density at radius 1 is 1.15 bits per heavy atom. The van der Waals surface area contributed by atoms with E-state index >= 15 is 0 Å². The van der Waals surface area contributed by atoms with E-state index in [1.54, 1.807) is 0 Å². The predicted octanol–water partition coefficient (Wildman–Crippen LogP) is 3.71. The molecule has 0 heterocycles. The van der Waals surface area contributed by atoms with Gasteiger partial charge in [0.15, 0.2) is 0 Å². The van der Waals surface area contributed by atoms with Crippen LogP contribution in [0.4, 0.5) is 0 Å². The maximum atomic E-state index is 2.25. The van der Waals surface area contributed by atoms with Crippen molar-refractivity contribution in [2.75, 3.05) is 0 Å². The summed E-state index contributed by atoms with van der Waals surface area (Å²) in [5, 5.41) is 0. The van der Waals surface area contributed by atoms with Crippen molar-refractivity contribution < 1.29 is 0 Å². The van der Waals surface area contributed by atoms with Gasteiger partial charge in [-0.25, -0.2) is 0 Å². The summed E-state index contributed by atoms with van der Waals surface area (Å²) >= 11 is 0. The second-order valence-electron chi connectivity index (χ2n) is 3.57. The minimum absolute atomic E-state index is 1.04. The van der Waals surface area contributed by atoms with Crippen molar-refractivity contribution in [2.24, 2.45) is 0 Å². The molecule has 0 saturated heterocycles. The molecule has 0 unspecified atom stereocenters. The molecule has 0 N–H and O–H groups in total. The quantitative estimate of drug-likeness (QED) is 0.520. The summed E-state index contributed by atoms with van der Waals surface area (Å²) < 4.78 is 0. The largest absolute Gasteiger partial charge is 0.0807 e. The average molecular weight is 170 g/mol. The zero-order chi connectivity index (χ0) is 9.26. The predicted molar refractivity (Wildman–Crippen MR) is 57.4 cm³/mol. The highest BCUT2D eigenvalue weighted by Gasteiger charge is 2.13. The SMILES string of the molecule is CC1=CC(C)=C2/C=C\C/C=C\C=C\12. The number of hydrogen-bond acceptors (Lipinski definition) is 0. The fraction of sp³-hybridized carbons (Fsp3) is 0.231. The van der Waals surface area contributed by atoms with E-state index in [0.29, 0.717) is 0 Å². The Hall–Kier alpha value is -1.30. The molecule has 0 aromatic carbocycles. The Morgan fingerprint density at radius 2 is 2.00 bits per heavy atom. The van der Waals surface area contributed by atoms with Gasteiger partial charge in [0.05, 0.1) is 0 Å². The molecule has 0 aromatic rings. The van der Waals surface area contributed by atoms with Gasteiger partial charge in [-0.1, -0.05) is 36.5 Å². The van der Waals surface area contributed by atoms with E-state index in [4.69, 9.17) is 0 Å². The van der Waals surface area contributed by atoms with Gasteiger partial charge in [-0.15, -0.1) is 0 Å². The molecule has 13 heavy (non-hydrogen) atoms. The van der Waals surface area contributed by atoms with Gasteiger partial charge in [0, 0.05) is 0 Å². The zero-order valence-corrected chi connectivity index (χ0v) is 8.17. The number of hydrogen-bond donors (Lipinski definition) is 0. The second-order valence-corrected chi connectivity index (χ2v) is 3.57.